The number of aliphatic hydroxyl groups is 2. The SMILES string of the molecule is CCCCCCCCCCCCCCCCCCCCCC(=O)OC(CCCCCCCCC)CC(=O)NC(CO)C(O)CCCCCCCCCCCCCCCCCCC. The molecule has 0 saturated carbocycles. The smallest absolute Gasteiger partial charge is 0.306 e. The average molecular weight is 879 g/mol. The number of aliphatic hydroxyl groups excluding tert-OH is 2. The van der Waals surface area contributed by atoms with E-state index in [0.29, 0.717) is 19.3 Å². The van der Waals surface area contributed by atoms with E-state index in [1.807, 2.05) is 0 Å². The molecule has 0 rings (SSSR count). The molecular weight excluding hydrogens is 767 g/mol. The molecule has 0 aliphatic rings. The van der Waals surface area contributed by atoms with Gasteiger partial charge in [-0.05, 0) is 25.7 Å². The molecule has 1 amide bonds. The van der Waals surface area contributed by atoms with E-state index in [-0.39, 0.29) is 24.9 Å². The average Bonchev–Trinajstić information content (AvgIpc) is 3.26. The summed E-state index contributed by atoms with van der Waals surface area (Å²) >= 11 is 0. The number of carbonyl (C=O) groups is 2. The van der Waals surface area contributed by atoms with Crippen LogP contribution in [0.2, 0.25) is 0 Å². The number of ether oxygens (including phenoxy) is 1. The molecule has 3 N–H and O–H groups in total. The molecule has 3 atom stereocenters. The van der Waals surface area contributed by atoms with Gasteiger partial charge in [0.2, 0.25) is 5.91 Å². The van der Waals surface area contributed by atoms with Crippen LogP contribution in [0.5, 0.6) is 0 Å². The minimum atomic E-state index is -0.779. The van der Waals surface area contributed by atoms with Crippen molar-refractivity contribution >= 4 is 11.9 Å². The normalized spacial score (nSPS) is 13.0. The van der Waals surface area contributed by atoms with Crippen molar-refractivity contribution < 1.29 is 24.5 Å². The van der Waals surface area contributed by atoms with Gasteiger partial charge in [-0.3, -0.25) is 9.59 Å². The van der Waals surface area contributed by atoms with Gasteiger partial charge >= 0.3 is 5.97 Å². The van der Waals surface area contributed by atoms with Gasteiger partial charge in [0.05, 0.1) is 25.2 Å². The summed E-state index contributed by atoms with van der Waals surface area (Å²) in [6.07, 6.45) is 56.2. The number of nitrogens with one attached hydrogen (secondary N) is 1. The lowest BCUT2D eigenvalue weighted by molar-refractivity contribution is -0.151. The fourth-order valence-corrected chi connectivity index (χ4v) is 9.14. The van der Waals surface area contributed by atoms with Crippen molar-refractivity contribution in [2.75, 3.05) is 6.61 Å². The lowest BCUT2D eigenvalue weighted by Crippen LogP contribution is -2.46. The molecule has 0 radical (unpaired) electrons. The summed E-state index contributed by atoms with van der Waals surface area (Å²) in [5.74, 6) is -0.454. The number of rotatable bonds is 52. The van der Waals surface area contributed by atoms with E-state index in [9.17, 15) is 19.8 Å². The quantitative estimate of drug-likeness (QED) is 0.0418. The Hall–Kier alpha value is -1.14. The minimum Gasteiger partial charge on any atom is -0.462 e. The first kappa shape index (κ1) is 60.9. The number of hydrogen-bond donors (Lipinski definition) is 3. The monoisotopic (exact) mass is 878 g/mol. The van der Waals surface area contributed by atoms with E-state index in [1.54, 1.807) is 0 Å². The third-order valence-electron chi connectivity index (χ3n) is 13.4. The lowest BCUT2D eigenvalue weighted by atomic mass is 10.0. The molecule has 0 heterocycles. The highest BCUT2D eigenvalue weighted by Crippen LogP contribution is 2.19. The second-order valence-electron chi connectivity index (χ2n) is 19.7. The Morgan fingerprint density at radius 2 is 0.677 bits per heavy atom. The number of unbranched alkanes of at least 4 members (excludes halogenated alkanes) is 40. The molecule has 0 saturated heterocycles. The van der Waals surface area contributed by atoms with Crippen LogP contribution in [-0.2, 0) is 14.3 Å². The highest BCUT2D eigenvalue weighted by atomic mass is 16.5. The van der Waals surface area contributed by atoms with Crippen molar-refractivity contribution in [2.24, 2.45) is 0 Å². The van der Waals surface area contributed by atoms with Gasteiger partial charge in [-0.1, -0.05) is 284 Å². The summed E-state index contributed by atoms with van der Waals surface area (Å²) in [5.41, 5.74) is 0. The van der Waals surface area contributed by atoms with Crippen molar-refractivity contribution in [1.29, 1.82) is 0 Å². The molecule has 0 aromatic rings. The van der Waals surface area contributed by atoms with Gasteiger partial charge in [-0.2, -0.15) is 0 Å². The first-order chi connectivity index (χ1) is 30.5. The summed E-state index contributed by atoms with van der Waals surface area (Å²) in [6, 6.07) is -0.692. The van der Waals surface area contributed by atoms with Crippen LogP contribution in [0.15, 0.2) is 0 Å². The molecule has 0 bridgehead atoms. The third kappa shape index (κ3) is 45.4. The van der Waals surface area contributed by atoms with E-state index >= 15 is 0 Å². The van der Waals surface area contributed by atoms with E-state index in [4.69, 9.17) is 4.74 Å². The molecule has 0 fully saturated rings. The van der Waals surface area contributed by atoms with E-state index in [2.05, 4.69) is 26.1 Å². The van der Waals surface area contributed by atoms with Crippen molar-refractivity contribution in [2.45, 2.75) is 341 Å². The Morgan fingerprint density at radius 3 is 0.984 bits per heavy atom. The van der Waals surface area contributed by atoms with Crippen LogP contribution >= 0.6 is 0 Å². The van der Waals surface area contributed by atoms with Crippen molar-refractivity contribution in [3.8, 4) is 0 Å². The van der Waals surface area contributed by atoms with Gasteiger partial charge in [0, 0.05) is 6.42 Å². The van der Waals surface area contributed by atoms with Crippen LogP contribution in [0, 0.1) is 0 Å². The highest BCUT2D eigenvalue weighted by molar-refractivity contribution is 5.77. The standard InChI is InChI=1S/C56H111NO5/c1-4-7-10-13-16-18-20-22-24-26-27-29-31-33-35-37-40-43-46-49-56(61)62-52(47-44-41-38-15-12-9-6-3)50-55(60)57-53(51-58)54(59)48-45-42-39-36-34-32-30-28-25-23-21-19-17-14-11-8-5-2/h52-54,58-59H,4-51H2,1-3H3,(H,57,60). The largest absolute Gasteiger partial charge is 0.462 e. The zero-order valence-corrected chi connectivity index (χ0v) is 42.3. The van der Waals surface area contributed by atoms with Crippen LogP contribution in [0.3, 0.4) is 0 Å². The fourth-order valence-electron chi connectivity index (χ4n) is 9.14. The van der Waals surface area contributed by atoms with Gasteiger partial charge in [-0.15, -0.1) is 0 Å². The zero-order chi connectivity index (χ0) is 45.2. The van der Waals surface area contributed by atoms with Crippen LogP contribution in [0.1, 0.15) is 323 Å². The summed E-state index contributed by atoms with van der Waals surface area (Å²) < 4.78 is 5.92. The fraction of sp³-hybridized carbons (Fsp3) is 0.964. The molecule has 6 heteroatoms. The number of carbonyl (C=O) groups excluding carboxylic acids is 2. The van der Waals surface area contributed by atoms with Gasteiger partial charge in [0.1, 0.15) is 6.10 Å². The molecule has 370 valence electrons. The molecule has 0 aliphatic carbocycles. The van der Waals surface area contributed by atoms with Crippen molar-refractivity contribution in [3.63, 3.8) is 0 Å². The molecule has 62 heavy (non-hydrogen) atoms. The molecule has 0 aromatic carbocycles. The predicted octanol–water partition coefficient (Wildman–Crippen LogP) is 17.1. The zero-order valence-electron chi connectivity index (χ0n) is 42.3. The molecular formula is C56H111NO5. The Labute approximate surface area is 387 Å². The van der Waals surface area contributed by atoms with Gasteiger partial charge in [-0.25, -0.2) is 0 Å². The maximum Gasteiger partial charge on any atom is 0.306 e. The third-order valence-corrected chi connectivity index (χ3v) is 13.4. The van der Waals surface area contributed by atoms with Gasteiger partial charge in [0.25, 0.3) is 0 Å². The summed E-state index contributed by atoms with van der Waals surface area (Å²) in [6.45, 7) is 6.50. The number of hydrogen-bond acceptors (Lipinski definition) is 5. The molecule has 0 aromatic heterocycles. The molecule has 0 aliphatic heterocycles. The molecule has 0 spiro atoms. The van der Waals surface area contributed by atoms with Crippen LogP contribution in [0.25, 0.3) is 0 Å². The highest BCUT2D eigenvalue weighted by Gasteiger charge is 2.24. The Morgan fingerprint density at radius 1 is 0.403 bits per heavy atom. The maximum absolute atomic E-state index is 13.2. The van der Waals surface area contributed by atoms with Crippen LogP contribution < -0.4 is 5.32 Å². The van der Waals surface area contributed by atoms with Gasteiger partial charge in [0.15, 0.2) is 0 Å². The Balaban J connectivity index is 4.22. The summed E-state index contributed by atoms with van der Waals surface area (Å²) in [4.78, 5) is 26.1. The lowest BCUT2D eigenvalue weighted by Gasteiger charge is -2.24. The predicted molar refractivity (Wildman–Crippen MR) is 269 cm³/mol. The molecule has 6 nitrogen and oxygen atoms in total. The Kier molecular flexibility index (Phi) is 49.9. The number of amides is 1. The van der Waals surface area contributed by atoms with Crippen LogP contribution in [-0.4, -0.2) is 46.9 Å². The van der Waals surface area contributed by atoms with Gasteiger partial charge < -0.3 is 20.3 Å². The molecule has 3 unspecified atom stereocenters. The maximum atomic E-state index is 13.2. The minimum absolute atomic E-state index is 0.0864. The number of esters is 1. The second kappa shape index (κ2) is 50.9. The van der Waals surface area contributed by atoms with E-state index in [1.165, 1.54) is 238 Å². The van der Waals surface area contributed by atoms with Crippen molar-refractivity contribution in [3.05, 3.63) is 0 Å². The van der Waals surface area contributed by atoms with Crippen molar-refractivity contribution in [1.82, 2.24) is 5.32 Å². The first-order valence-corrected chi connectivity index (χ1v) is 28.3. The topological polar surface area (TPSA) is 95.9 Å². The summed E-state index contributed by atoms with van der Waals surface area (Å²) in [7, 11) is 0. The summed E-state index contributed by atoms with van der Waals surface area (Å²) in [5, 5.41) is 23.8. The van der Waals surface area contributed by atoms with Crippen LogP contribution in [0.4, 0.5) is 0 Å². The van der Waals surface area contributed by atoms with E-state index in [0.717, 1.165) is 38.5 Å². The second-order valence-corrected chi connectivity index (χ2v) is 19.7. The van der Waals surface area contributed by atoms with E-state index < -0.39 is 18.2 Å². The first-order valence-electron chi connectivity index (χ1n) is 28.3. The Bertz CT molecular complexity index is 898.